The predicted octanol–water partition coefficient (Wildman–Crippen LogP) is 2.50. The summed E-state index contributed by atoms with van der Waals surface area (Å²) in [7, 11) is -3.69. The number of hydrogen-bond donors (Lipinski definition) is 2. The molecule has 0 aliphatic rings. The van der Waals surface area contributed by atoms with Crippen LogP contribution in [0.3, 0.4) is 0 Å². The van der Waals surface area contributed by atoms with E-state index >= 15 is 0 Å². The second-order valence-electron chi connectivity index (χ2n) is 6.52. The number of carbonyl (C=O) groups is 1. The number of sulfonamides is 1. The molecule has 3 aromatic carbocycles. The monoisotopic (exact) mass is 486 g/mol. The van der Waals surface area contributed by atoms with Crippen molar-refractivity contribution in [3.05, 3.63) is 90.0 Å². The van der Waals surface area contributed by atoms with Gasteiger partial charge in [0.1, 0.15) is 0 Å². The third-order valence-corrected chi connectivity index (χ3v) is 5.80. The molecule has 0 spiro atoms. The number of benzene rings is 3. The van der Waals surface area contributed by atoms with Crippen molar-refractivity contribution in [3.63, 3.8) is 0 Å². The quantitative estimate of drug-likeness (QED) is 0.319. The zero-order chi connectivity index (χ0) is 21.6. The first-order valence-electron chi connectivity index (χ1n) is 9.13. The van der Waals surface area contributed by atoms with Gasteiger partial charge in [0.25, 0.3) is 0 Å². The molecule has 0 saturated heterocycles. The summed E-state index contributed by atoms with van der Waals surface area (Å²) in [6, 6.07) is 23.6. The van der Waals surface area contributed by atoms with Crippen molar-refractivity contribution in [1.82, 2.24) is 5.32 Å². The molecule has 0 heterocycles. The minimum atomic E-state index is -3.69. The summed E-state index contributed by atoms with van der Waals surface area (Å²) >= 11 is 2.75. The number of amidine groups is 1. The van der Waals surface area contributed by atoms with E-state index in [1.807, 2.05) is 42.5 Å². The standard InChI is InChI=1S/C22H20N3O3SSe/c23-29(27,28)20-12-6-16(7-13-20)14-15-24-22(30)25-21(26)19-10-8-18(9-11-19)17-4-2-1-3-5-17/h1-13H,14-15H2,(H2,23,27,28)(H,24,25,26). The Kier molecular flexibility index (Phi) is 7.18. The fraction of sp³-hybridized carbons (Fsp3) is 0.0909. The van der Waals surface area contributed by atoms with E-state index < -0.39 is 10.0 Å². The Hall–Kier alpha value is -2.77. The molecule has 30 heavy (non-hydrogen) atoms. The number of carbonyl (C=O) groups excluding carboxylic acids is 1. The van der Waals surface area contributed by atoms with Crippen LogP contribution in [0.2, 0.25) is 0 Å². The van der Waals surface area contributed by atoms with E-state index in [9.17, 15) is 13.2 Å². The number of aliphatic imine (C=N–C) groups is 1. The molecule has 0 unspecified atom stereocenters. The molecular weight excluding hydrogens is 465 g/mol. The number of primary sulfonamides is 1. The summed E-state index contributed by atoms with van der Waals surface area (Å²) in [5.74, 6) is -0.246. The van der Waals surface area contributed by atoms with Gasteiger partial charge >= 0.3 is 184 Å². The molecule has 8 heteroatoms. The van der Waals surface area contributed by atoms with Crippen LogP contribution in [0.1, 0.15) is 15.9 Å². The summed E-state index contributed by atoms with van der Waals surface area (Å²) in [5, 5.41) is 7.82. The average Bonchev–Trinajstić information content (AvgIpc) is 2.74. The maximum absolute atomic E-state index is 12.4. The Morgan fingerprint density at radius 2 is 1.50 bits per heavy atom. The first-order chi connectivity index (χ1) is 14.3. The summed E-state index contributed by atoms with van der Waals surface area (Å²) in [6.07, 6.45) is 0.595. The van der Waals surface area contributed by atoms with E-state index in [-0.39, 0.29) is 10.8 Å². The van der Waals surface area contributed by atoms with Gasteiger partial charge in [-0.15, -0.1) is 0 Å². The Balaban J connectivity index is 1.54. The Bertz CT molecular complexity index is 1140. The number of nitrogens with zero attached hydrogens (tertiary/aromatic N) is 1. The van der Waals surface area contributed by atoms with Gasteiger partial charge in [0.2, 0.25) is 0 Å². The number of nitrogens with one attached hydrogen (secondary N) is 1. The second-order valence-corrected chi connectivity index (χ2v) is 8.90. The molecule has 3 aromatic rings. The maximum atomic E-state index is 12.4. The molecule has 0 bridgehead atoms. The fourth-order valence-corrected chi connectivity index (χ4v) is 3.69. The van der Waals surface area contributed by atoms with Gasteiger partial charge in [0.05, 0.1) is 0 Å². The van der Waals surface area contributed by atoms with Crippen molar-refractivity contribution < 1.29 is 13.2 Å². The molecule has 0 atom stereocenters. The van der Waals surface area contributed by atoms with E-state index in [4.69, 9.17) is 5.14 Å². The van der Waals surface area contributed by atoms with Crippen LogP contribution >= 0.6 is 0 Å². The number of rotatable bonds is 6. The zero-order valence-electron chi connectivity index (χ0n) is 16.0. The molecule has 6 nitrogen and oxygen atoms in total. The van der Waals surface area contributed by atoms with Crippen LogP contribution < -0.4 is 10.5 Å². The predicted molar refractivity (Wildman–Crippen MR) is 119 cm³/mol. The topological polar surface area (TPSA) is 102 Å². The van der Waals surface area contributed by atoms with Gasteiger partial charge in [0.15, 0.2) is 0 Å². The van der Waals surface area contributed by atoms with Gasteiger partial charge in [-0.3, -0.25) is 0 Å². The normalized spacial score (nSPS) is 11.8. The number of amides is 1. The van der Waals surface area contributed by atoms with Gasteiger partial charge in [-0.25, -0.2) is 0 Å². The van der Waals surface area contributed by atoms with Crippen molar-refractivity contribution in [1.29, 1.82) is 0 Å². The van der Waals surface area contributed by atoms with Crippen LogP contribution in [-0.4, -0.2) is 41.6 Å². The number of nitrogens with two attached hydrogens (primary N) is 1. The molecule has 0 saturated carbocycles. The molecular formula is C22H20N3O3SSe. The van der Waals surface area contributed by atoms with Crippen LogP contribution in [0, 0.1) is 0 Å². The van der Waals surface area contributed by atoms with E-state index in [0.29, 0.717) is 23.3 Å². The summed E-state index contributed by atoms with van der Waals surface area (Å²) < 4.78 is 22.9. The molecule has 0 fully saturated rings. The third kappa shape index (κ3) is 6.11. The van der Waals surface area contributed by atoms with Crippen molar-refractivity contribution in [2.24, 2.45) is 10.1 Å². The fourth-order valence-electron chi connectivity index (χ4n) is 2.79. The van der Waals surface area contributed by atoms with Crippen molar-refractivity contribution in [2.45, 2.75) is 11.3 Å². The van der Waals surface area contributed by atoms with E-state index in [1.54, 1.807) is 24.3 Å². The molecule has 153 valence electrons. The average molecular weight is 485 g/mol. The Morgan fingerprint density at radius 1 is 0.900 bits per heavy atom. The molecule has 3 rings (SSSR count). The second kappa shape index (κ2) is 9.82. The summed E-state index contributed by atoms with van der Waals surface area (Å²) in [6.45, 7) is 0.435. The molecule has 0 aliphatic carbocycles. The molecule has 0 aromatic heterocycles. The first-order valence-corrected chi connectivity index (χ1v) is 11.5. The Morgan fingerprint density at radius 3 is 2.10 bits per heavy atom. The molecule has 0 aliphatic heterocycles. The van der Waals surface area contributed by atoms with Crippen LogP contribution in [-0.2, 0) is 16.4 Å². The Labute approximate surface area is 184 Å². The van der Waals surface area contributed by atoms with Crippen molar-refractivity contribution in [2.75, 3.05) is 6.54 Å². The minimum absolute atomic E-state index is 0.0739. The third-order valence-electron chi connectivity index (χ3n) is 4.38. The number of hydrogen-bond acceptors (Lipinski definition) is 4. The van der Waals surface area contributed by atoms with Crippen LogP contribution in [0.15, 0.2) is 88.8 Å². The molecule has 1 amide bonds. The zero-order valence-corrected chi connectivity index (χ0v) is 18.5. The van der Waals surface area contributed by atoms with Gasteiger partial charge in [-0.05, 0) is 0 Å². The van der Waals surface area contributed by atoms with E-state index in [0.717, 1.165) is 16.7 Å². The van der Waals surface area contributed by atoms with Crippen molar-refractivity contribution >= 4 is 36.7 Å². The van der Waals surface area contributed by atoms with Crippen LogP contribution in [0.4, 0.5) is 0 Å². The SMILES string of the molecule is NS(=O)(=O)c1ccc(CCN=C([Se])NC(=O)c2ccc(-c3ccccc3)cc2)cc1. The van der Waals surface area contributed by atoms with Crippen molar-refractivity contribution in [3.8, 4) is 11.1 Å². The van der Waals surface area contributed by atoms with Crippen LogP contribution in [0.25, 0.3) is 11.1 Å². The molecule has 3 N–H and O–H groups in total. The van der Waals surface area contributed by atoms with Gasteiger partial charge < -0.3 is 0 Å². The first kappa shape index (κ1) is 21.9. The van der Waals surface area contributed by atoms with E-state index in [2.05, 4.69) is 26.3 Å². The van der Waals surface area contributed by atoms with Gasteiger partial charge in [-0.1, -0.05) is 0 Å². The summed E-state index contributed by atoms with van der Waals surface area (Å²) in [4.78, 5) is 16.8. The van der Waals surface area contributed by atoms with Crippen LogP contribution in [0.5, 0.6) is 0 Å². The van der Waals surface area contributed by atoms with Gasteiger partial charge in [-0.2, -0.15) is 0 Å². The van der Waals surface area contributed by atoms with Gasteiger partial charge in [0, 0.05) is 0 Å². The van der Waals surface area contributed by atoms with E-state index in [1.165, 1.54) is 12.1 Å². The molecule has 1 radical (unpaired) electrons. The summed E-state index contributed by atoms with van der Waals surface area (Å²) in [5.41, 5.74) is 3.59.